The average molecular weight is 178 g/mol. The number of benzene rings is 1. The van der Waals surface area contributed by atoms with Gasteiger partial charge in [-0.15, -0.1) is 0 Å². The van der Waals surface area contributed by atoms with Crippen LogP contribution in [0.3, 0.4) is 0 Å². The normalized spacial score (nSPS) is 8.00. The van der Waals surface area contributed by atoms with Crippen LogP contribution in [0.4, 0.5) is 5.69 Å². The monoisotopic (exact) mass is 178 g/mol. The molecule has 0 aliphatic heterocycles. The van der Waals surface area contributed by atoms with E-state index in [9.17, 15) is 0 Å². The molecule has 2 heteroatoms. The van der Waals surface area contributed by atoms with Gasteiger partial charge in [-0.3, -0.25) is 5.43 Å². The molecule has 0 heterocycles. The Morgan fingerprint density at radius 3 is 2.08 bits per heavy atom. The molecule has 0 saturated heterocycles. The van der Waals surface area contributed by atoms with Crippen LogP contribution in [0.1, 0.15) is 27.7 Å². The Hall–Kier alpha value is -1.31. The lowest BCUT2D eigenvalue weighted by atomic mass is 10.3. The van der Waals surface area contributed by atoms with Gasteiger partial charge in [0, 0.05) is 5.71 Å². The number of nitrogens with zero attached hydrogens (tertiary/aromatic N) is 1. The second-order valence-corrected chi connectivity index (χ2v) is 2.54. The zero-order valence-electron chi connectivity index (χ0n) is 8.83. The van der Waals surface area contributed by atoms with Gasteiger partial charge in [0.05, 0.1) is 5.69 Å². The van der Waals surface area contributed by atoms with E-state index in [1.54, 1.807) is 0 Å². The molecule has 0 aliphatic rings. The number of rotatable bonds is 2. The summed E-state index contributed by atoms with van der Waals surface area (Å²) < 4.78 is 0. The summed E-state index contributed by atoms with van der Waals surface area (Å²) in [5.74, 6) is 0. The van der Waals surface area contributed by atoms with Crippen LogP contribution in [0.15, 0.2) is 35.4 Å². The lowest BCUT2D eigenvalue weighted by molar-refractivity contribution is 1.32. The molecular formula is C11H18N2. The van der Waals surface area contributed by atoms with Gasteiger partial charge in [-0.2, -0.15) is 5.10 Å². The number of hydrazone groups is 1. The highest BCUT2D eigenvalue weighted by molar-refractivity contribution is 5.79. The molecule has 2 nitrogen and oxygen atoms in total. The largest absolute Gasteiger partial charge is 0.279 e. The Labute approximate surface area is 80.7 Å². The third kappa shape index (κ3) is 5.91. The summed E-state index contributed by atoms with van der Waals surface area (Å²) in [5, 5.41) is 4.06. The molecule has 0 amide bonds. The van der Waals surface area contributed by atoms with Crippen LogP contribution in [0.25, 0.3) is 0 Å². The van der Waals surface area contributed by atoms with Gasteiger partial charge in [0.1, 0.15) is 0 Å². The van der Waals surface area contributed by atoms with Gasteiger partial charge in [-0.1, -0.05) is 32.0 Å². The first kappa shape index (κ1) is 11.7. The van der Waals surface area contributed by atoms with E-state index in [4.69, 9.17) is 0 Å². The van der Waals surface area contributed by atoms with E-state index in [0.29, 0.717) is 0 Å². The number of hydrogen-bond donors (Lipinski definition) is 1. The van der Waals surface area contributed by atoms with Crippen molar-refractivity contribution >= 4 is 11.4 Å². The molecule has 0 fully saturated rings. The SMILES string of the molecule is CC.CC(C)=NNc1ccccc1. The van der Waals surface area contributed by atoms with E-state index in [1.165, 1.54) is 0 Å². The summed E-state index contributed by atoms with van der Waals surface area (Å²) >= 11 is 0. The van der Waals surface area contributed by atoms with Crippen molar-refractivity contribution in [3.05, 3.63) is 30.3 Å². The minimum atomic E-state index is 1.02. The topological polar surface area (TPSA) is 24.4 Å². The summed E-state index contributed by atoms with van der Waals surface area (Å²) in [6.45, 7) is 7.91. The van der Waals surface area contributed by atoms with Crippen molar-refractivity contribution in [2.75, 3.05) is 5.43 Å². The van der Waals surface area contributed by atoms with E-state index in [1.807, 2.05) is 58.0 Å². The minimum absolute atomic E-state index is 1.02. The number of hydrogen-bond acceptors (Lipinski definition) is 2. The van der Waals surface area contributed by atoms with Gasteiger partial charge in [0.25, 0.3) is 0 Å². The quantitative estimate of drug-likeness (QED) is 0.544. The van der Waals surface area contributed by atoms with E-state index in [0.717, 1.165) is 11.4 Å². The van der Waals surface area contributed by atoms with Gasteiger partial charge in [-0.05, 0) is 26.0 Å². The molecule has 0 spiro atoms. The maximum Gasteiger partial charge on any atom is 0.0561 e. The predicted molar refractivity (Wildman–Crippen MR) is 60.2 cm³/mol. The number of anilines is 1. The maximum atomic E-state index is 4.06. The zero-order valence-corrected chi connectivity index (χ0v) is 8.83. The van der Waals surface area contributed by atoms with Crippen molar-refractivity contribution < 1.29 is 0 Å². The molecule has 0 unspecified atom stereocenters. The smallest absolute Gasteiger partial charge is 0.0561 e. The highest BCUT2D eigenvalue weighted by atomic mass is 15.3. The summed E-state index contributed by atoms with van der Waals surface area (Å²) in [7, 11) is 0. The Balaban J connectivity index is 0.000000671. The van der Waals surface area contributed by atoms with E-state index in [-0.39, 0.29) is 0 Å². The fourth-order valence-electron chi connectivity index (χ4n) is 0.689. The Kier molecular flexibility index (Phi) is 6.60. The second-order valence-electron chi connectivity index (χ2n) is 2.54. The molecule has 0 atom stereocenters. The Morgan fingerprint density at radius 2 is 1.62 bits per heavy atom. The van der Waals surface area contributed by atoms with Crippen molar-refractivity contribution in [1.82, 2.24) is 0 Å². The van der Waals surface area contributed by atoms with Gasteiger partial charge >= 0.3 is 0 Å². The molecule has 72 valence electrons. The molecule has 1 rings (SSSR count). The van der Waals surface area contributed by atoms with Crippen molar-refractivity contribution in [1.29, 1.82) is 0 Å². The summed E-state index contributed by atoms with van der Waals surface area (Å²) in [4.78, 5) is 0. The lowest BCUT2D eigenvalue weighted by Crippen LogP contribution is -1.91. The van der Waals surface area contributed by atoms with Crippen molar-refractivity contribution in [3.8, 4) is 0 Å². The third-order valence-corrected chi connectivity index (χ3v) is 1.18. The van der Waals surface area contributed by atoms with Crippen molar-refractivity contribution in [3.63, 3.8) is 0 Å². The third-order valence-electron chi connectivity index (χ3n) is 1.18. The van der Waals surface area contributed by atoms with Gasteiger partial charge < -0.3 is 0 Å². The number of nitrogens with one attached hydrogen (secondary N) is 1. The Bertz CT molecular complexity index is 236. The molecule has 0 bridgehead atoms. The van der Waals surface area contributed by atoms with E-state index >= 15 is 0 Å². The summed E-state index contributed by atoms with van der Waals surface area (Å²) in [5.41, 5.74) is 4.98. The first-order valence-electron chi connectivity index (χ1n) is 4.61. The molecule has 1 aromatic rings. The van der Waals surface area contributed by atoms with Crippen LogP contribution in [-0.4, -0.2) is 5.71 Å². The van der Waals surface area contributed by atoms with Crippen LogP contribution >= 0.6 is 0 Å². The summed E-state index contributed by atoms with van der Waals surface area (Å²) in [6.07, 6.45) is 0. The van der Waals surface area contributed by atoms with E-state index < -0.39 is 0 Å². The summed E-state index contributed by atoms with van der Waals surface area (Å²) in [6, 6.07) is 9.89. The predicted octanol–water partition coefficient (Wildman–Crippen LogP) is 3.52. The van der Waals surface area contributed by atoms with Crippen LogP contribution in [0.5, 0.6) is 0 Å². The molecule has 0 aromatic heterocycles. The van der Waals surface area contributed by atoms with Crippen LogP contribution in [-0.2, 0) is 0 Å². The minimum Gasteiger partial charge on any atom is -0.279 e. The highest BCUT2D eigenvalue weighted by Crippen LogP contribution is 2.03. The highest BCUT2D eigenvalue weighted by Gasteiger charge is 1.83. The molecule has 1 aromatic carbocycles. The number of para-hydroxylation sites is 1. The standard InChI is InChI=1S/C9H12N2.C2H6/c1-8(2)10-11-9-6-4-3-5-7-9;1-2/h3-7,11H,1-2H3;1-2H3. The fourth-order valence-corrected chi connectivity index (χ4v) is 0.689. The lowest BCUT2D eigenvalue weighted by Gasteiger charge is -1.98. The van der Waals surface area contributed by atoms with Crippen LogP contribution in [0.2, 0.25) is 0 Å². The van der Waals surface area contributed by atoms with E-state index in [2.05, 4.69) is 10.5 Å². The van der Waals surface area contributed by atoms with Gasteiger partial charge in [0.15, 0.2) is 0 Å². The molecule has 0 radical (unpaired) electrons. The average Bonchev–Trinajstić information content (AvgIpc) is 2.19. The molecule has 13 heavy (non-hydrogen) atoms. The van der Waals surface area contributed by atoms with Gasteiger partial charge in [-0.25, -0.2) is 0 Å². The Morgan fingerprint density at radius 1 is 1.08 bits per heavy atom. The first-order chi connectivity index (χ1) is 6.29. The molecule has 1 N–H and O–H groups in total. The van der Waals surface area contributed by atoms with Crippen molar-refractivity contribution in [2.24, 2.45) is 5.10 Å². The molecular weight excluding hydrogens is 160 g/mol. The van der Waals surface area contributed by atoms with Crippen molar-refractivity contribution in [2.45, 2.75) is 27.7 Å². The zero-order chi connectivity index (χ0) is 10.1. The van der Waals surface area contributed by atoms with Crippen LogP contribution < -0.4 is 5.43 Å². The van der Waals surface area contributed by atoms with Crippen LogP contribution in [0, 0.1) is 0 Å². The fraction of sp³-hybridized carbons (Fsp3) is 0.364. The first-order valence-corrected chi connectivity index (χ1v) is 4.61. The van der Waals surface area contributed by atoms with Gasteiger partial charge in [0.2, 0.25) is 0 Å². The maximum absolute atomic E-state index is 4.06. The molecule has 0 aliphatic carbocycles. The second kappa shape index (κ2) is 7.35. The molecule has 0 saturated carbocycles.